The Morgan fingerprint density at radius 2 is 1.96 bits per heavy atom. The van der Waals surface area contributed by atoms with E-state index in [4.69, 9.17) is 14.2 Å². The summed E-state index contributed by atoms with van der Waals surface area (Å²) >= 11 is 3.39. The van der Waals surface area contributed by atoms with Crippen LogP contribution in [0.15, 0.2) is 16.6 Å². The molecule has 1 aliphatic heterocycles. The minimum Gasteiger partial charge on any atom is -0.486 e. The lowest BCUT2D eigenvalue weighted by Crippen LogP contribution is -2.55. The van der Waals surface area contributed by atoms with Crippen LogP contribution < -0.4 is 14.8 Å². The van der Waals surface area contributed by atoms with Gasteiger partial charge < -0.3 is 24.6 Å². The maximum Gasteiger partial charge on any atom is 0.331 e. The molecule has 0 fully saturated rings. The maximum absolute atomic E-state index is 12.2. The summed E-state index contributed by atoms with van der Waals surface area (Å²) in [6, 6.07) is 3.45. The molecular weight excluding hydrogens is 370 g/mol. The van der Waals surface area contributed by atoms with E-state index in [2.05, 4.69) is 21.2 Å². The highest BCUT2D eigenvalue weighted by Gasteiger charge is 2.35. The number of hydrogen-bond donors (Lipinski definition) is 2. The van der Waals surface area contributed by atoms with E-state index in [1.165, 1.54) is 14.0 Å². The molecule has 1 atom stereocenters. The summed E-state index contributed by atoms with van der Waals surface area (Å²) in [5.74, 6) is -0.402. The first-order valence-electron chi connectivity index (χ1n) is 6.97. The lowest BCUT2D eigenvalue weighted by atomic mass is 10.0. The number of nitrogens with one attached hydrogen (secondary N) is 1. The highest BCUT2D eigenvalue weighted by atomic mass is 79.9. The number of aliphatic carboxylic acids is 1. The predicted octanol–water partition coefficient (Wildman–Crippen LogP) is 1.37. The van der Waals surface area contributed by atoms with Crippen LogP contribution in [0.1, 0.15) is 12.5 Å². The SMILES string of the molecule is COCC(C)(NC(=O)Cc1cc2c(cc1Br)OCCO2)C(=O)O. The van der Waals surface area contributed by atoms with E-state index in [0.29, 0.717) is 34.7 Å². The van der Waals surface area contributed by atoms with Gasteiger partial charge in [0.05, 0.1) is 13.0 Å². The number of methoxy groups -OCH3 is 1. The quantitative estimate of drug-likeness (QED) is 0.765. The third kappa shape index (κ3) is 4.14. The molecule has 0 spiro atoms. The Labute approximate surface area is 142 Å². The largest absolute Gasteiger partial charge is 0.486 e. The van der Waals surface area contributed by atoms with Crippen LogP contribution in [0.3, 0.4) is 0 Å². The summed E-state index contributed by atoms with van der Waals surface area (Å²) in [5, 5.41) is 11.7. The highest BCUT2D eigenvalue weighted by Crippen LogP contribution is 2.35. The number of benzene rings is 1. The van der Waals surface area contributed by atoms with Crippen molar-refractivity contribution in [3.63, 3.8) is 0 Å². The Kier molecular flexibility index (Phi) is 5.48. The molecule has 7 nitrogen and oxygen atoms in total. The Morgan fingerprint density at radius 3 is 2.52 bits per heavy atom. The second-order valence-corrected chi connectivity index (χ2v) is 6.24. The van der Waals surface area contributed by atoms with Crippen LogP contribution in [0.4, 0.5) is 0 Å². The summed E-state index contributed by atoms with van der Waals surface area (Å²) in [5.41, 5.74) is -0.802. The number of halogens is 1. The summed E-state index contributed by atoms with van der Waals surface area (Å²) in [7, 11) is 1.38. The fourth-order valence-electron chi connectivity index (χ4n) is 2.21. The number of carbonyl (C=O) groups excluding carboxylic acids is 1. The van der Waals surface area contributed by atoms with E-state index in [0.717, 1.165) is 0 Å². The van der Waals surface area contributed by atoms with Gasteiger partial charge in [0.15, 0.2) is 17.0 Å². The third-order valence-corrected chi connectivity index (χ3v) is 4.12. The van der Waals surface area contributed by atoms with Crippen LogP contribution in [0.5, 0.6) is 11.5 Å². The summed E-state index contributed by atoms with van der Waals surface area (Å²) < 4.78 is 16.5. The number of carboxylic acids is 1. The summed E-state index contributed by atoms with van der Waals surface area (Å²) in [6.07, 6.45) is 0.00378. The van der Waals surface area contributed by atoms with Crippen LogP contribution in [0, 0.1) is 0 Å². The van der Waals surface area contributed by atoms with Crippen molar-refractivity contribution in [3.8, 4) is 11.5 Å². The van der Waals surface area contributed by atoms with E-state index in [1.54, 1.807) is 12.1 Å². The third-order valence-electron chi connectivity index (χ3n) is 3.38. The topological polar surface area (TPSA) is 94.1 Å². The molecule has 1 unspecified atom stereocenters. The monoisotopic (exact) mass is 387 g/mol. The second kappa shape index (κ2) is 7.18. The van der Waals surface area contributed by atoms with Crippen molar-refractivity contribution in [1.29, 1.82) is 0 Å². The number of amides is 1. The number of carbonyl (C=O) groups is 2. The van der Waals surface area contributed by atoms with Crippen LogP contribution in [0.2, 0.25) is 0 Å². The van der Waals surface area contributed by atoms with Crippen LogP contribution in [-0.4, -0.2) is 49.5 Å². The normalized spacial score (nSPS) is 15.6. The van der Waals surface area contributed by atoms with Gasteiger partial charge in [0.2, 0.25) is 5.91 Å². The Morgan fingerprint density at radius 1 is 1.35 bits per heavy atom. The van der Waals surface area contributed by atoms with E-state index in [1.807, 2.05) is 0 Å². The van der Waals surface area contributed by atoms with Gasteiger partial charge in [-0.1, -0.05) is 15.9 Å². The first kappa shape index (κ1) is 17.6. The molecule has 1 aromatic carbocycles. The molecule has 2 rings (SSSR count). The van der Waals surface area contributed by atoms with Crippen molar-refractivity contribution in [1.82, 2.24) is 5.32 Å². The smallest absolute Gasteiger partial charge is 0.331 e. The highest BCUT2D eigenvalue weighted by molar-refractivity contribution is 9.10. The van der Waals surface area contributed by atoms with E-state index in [-0.39, 0.29) is 13.0 Å². The average Bonchev–Trinajstić information content (AvgIpc) is 2.48. The van der Waals surface area contributed by atoms with E-state index >= 15 is 0 Å². The zero-order chi connectivity index (χ0) is 17.0. The fraction of sp³-hybridized carbons (Fsp3) is 0.467. The molecule has 0 saturated heterocycles. The molecule has 1 amide bonds. The molecule has 2 N–H and O–H groups in total. The molecule has 0 bridgehead atoms. The van der Waals surface area contributed by atoms with E-state index in [9.17, 15) is 14.7 Å². The second-order valence-electron chi connectivity index (χ2n) is 5.38. The van der Waals surface area contributed by atoms with Crippen molar-refractivity contribution in [3.05, 3.63) is 22.2 Å². The first-order valence-corrected chi connectivity index (χ1v) is 7.76. The van der Waals surface area contributed by atoms with Gasteiger partial charge in [-0.15, -0.1) is 0 Å². The number of carboxylic acid groups (broad SMARTS) is 1. The van der Waals surface area contributed by atoms with Gasteiger partial charge in [0, 0.05) is 11.6 Å². The minimum atomic E-state index is -1.48. The van der Waals surface area contributed by atoms with Crippen molar-refractivity contribution >= 4 is 27.8 Å². The van der Waals surface area contributed by atoms with Crippen LogP contribution in [-0.2, 0) is 20.7 Å². The zero-order valence-electron chi connectivity index (χ0n) is 12.8. The molecular formula is C15H18BrNO6. The van der Waals surface area contributed by atoms with Gasteiger partial charge in [-0.25, -0.2) is 4.79 Å². The van der Waals surface area contributed by atoms with Crippen LogP contribution >= 0.6 is 15.9 Å². The number of rotatable bonds is 6. The molecule has 0 aliphatic carbocycles. The lowest BCUT2D eigenvalue weighted by Gasteiger charge is -2.25. The number of ether oxygens (including phenoxy) is 3. The Hall–Kier alpha value is -1.80. The molecule has 23 heavy (non-hydrogen) atoms. The standard InChI is InChI=1S/C15H18BrNO6/c1-15(8-21-2,14(19)20)17-13(18)6-9-5-11-12(7-10(9)16)23-4-3-22-11/h5,7H,3-4,6,8H2,1-2H3,(H,17,18)(H,19,20). The van der Waals surface area contributed by atoms with Gasteiger partial charge in [0.25, 0.3) is 0 Å². The minimum absolute atomic E-state index is 0.00378. The maximum atomic E-state index is 12.2. The van der Waals surface area contributed by atoms with Crippen molar-refractivity contribution in [2.75, 3.05) is 26.9 Å². The fourth-order valence-corrected chi connectivity index (χ4v) is 2.67. The van der Waals surface area contributed by atoms with Gasteiger partial charge >= 0.3 is 5.97 Å². The molecule has 126 valence electrons. The van der Waals surface area contributed by atoms with Crippen LogP contribution in [0.25, 0.3) is 0 Å². The number of fused-ring (bicyclic) bond motifs is 1. The first-order chi connectivity index (χ1) is 10.9. The van der Waals surface area contributed by atoms with Crippen molar-refractivity contribution in [2.24, 2.45) is 0 Å². The summed E-state index contributed by atoms with van der Waals surface area (Å²) in [4.78, 5) is 23.5. The number of hydrogen-bond acceptors (Lipinski definition) is 5. The van der Waals surface area contributed by atoms with Gasteiger partial charge in [-0.3, -0.25) is 4.79 Å². The molecule has 0 saturated carbocycles. The predicted molar refractivity (Wildman–Crippen MR) is 84.9 cm³/mol. The Bertz CT molecular complexity index is 620. The molecule has 1 heterocycles. The molecule has 1 aromatic rings. The van der Waals surface area contributed by atoms with Gasteiger partial charge in [-0.05, 0) is 24.6 Å². The molecule has 0 aromatic heterocycles. The van der Waals surface area contributed by atoms with Crippen molar-refractivity contribution < 1.29 is 28.9 Å². The molecule has 8 heteroatoms. The summed E-state index contributed by atoms with van der Waals surface area (Å²) in [6.45, 7) is 2.20. The molecule has 0 radical (unpaired) electrons. The Balaban J connectivity index is 2.12. The van der Waals surface area contributed by atoms with E-state index < -0.39 is 17.4 Å². The van der Waals surface area contributed by atoms with Gasteiger partial charge in [-0.2, -0.15) is 0 Å². The van der Waals surface area contributed by atoms with Gasteiger partial charge in [0.1, 0.15) is 13.2 Å². The lowest BCUT2D eigenvalue weighted by molar-refractivity contribution is -0.149. The zero-order valence-corrected chi connectivity index (χ0v) is 14.4. The molecule has 1 aliphatic rings. The van der Waals surface area contributed by atoms with Crippen molar-refractivity contribution in [2.45, 2.75) is 18.9 Å². The average molecular weight is 388 g/mol.